The summed E-state index contributed by atoms with van der Waals surface area (Å²) in [6.07, 6.45) is 14.9. The van der Waals surface area contributed by atoms with Gasteiger partial charge in [-0.3, -0.25) is 9.78 Å². The number of aromatic nitrogens is 1. The van der Waals surface area contributed by atoms with Crippen LogP contribution in [0, 0.1) is 23.2 Å². The van der Waals surface area contributed by atoms with E-state index in [-0.39, 0.29) is 11.3 Å². The molecule has 4 aliphatic rings. The van der Waals surface area contributed by atoms with Crippen LogP contribution in [-0.4, -0.2) is 21.5 Å². The van der Waals surface area contributed by atoms with Crippen LogP contribution in [0.2, 0.25) is 0 Å². The normalized spacial score (nSPS) is 39.9. The van der Waals surface area contributed by atoms with E-state index in [1.165, 1.54) is 28.3 Å². The number of allylic oxidation sites excluding steroid dienone is 1. The number of fused-ring (bicyclic) bond motifs is 5. The fraction of sp³-hybridized carbons (Fsp3) is 0.571. The average molecular weight is 416 g/mol. The molecule has 4 aliphatic carbocycles. The van der Waals surface area contributed by atoms with Crippen molar-refractivity contribution < 1.29 is 9.90 Å². The van der Waals surface area contributed by atoms with Gasteiger partial charge in [-0.05, 0) is 91.2 Å². The average Bonchev–Trinajstić information content (AvgIpc) is 3.06. The summed E-state index contributed by atoms with van der Waals surface area (Å²) in [5, 5.41) is 14.7. The quantitative estimate of drug-likeness (QED) is 0.584. The number of rotatable bonds is 1. The fourth-order valence-corrected chi connectivity index (χ4v) is 8.00. The molecular formula is C28H33NO2. The van der Waals surface area contributed by atoms with Gasteiger partial charge in [-0.25, -0.2) is 0 Å². The lowest BCUT2D eigenvalue weighted by atomic mass is 9.54. The molecule has 3 nitrogen and oxygen atoms in total. The molecule has 0 radical (unpaired) electrons. The Morgan fingerprint density at radius 3 is 2.84 bits per heavy atom. The molecule has 0 saturated heterocycles. The zero-order chi connectivity index (χ0) is 21.2. The van der Waals surface area contributed by atoms with E-state index in [1.54, 1.807) is 0 Å². The fourth-order valence-electron chi connectivity index (χ4n) is 8.00. The van der Waals surface area contributed by atoms with Crippen molar-refractivity contribution in [3.63, 3.8) is 0 Å². The van der Waals surface area contributed by atoms with Crippen molar-refractivity contribution in [1.29, 1.82) is 0 Å². The minimum Gasteiger partial charge on any atom is -0.389 e. The number of aliphatic hydroxyl groups is 1. The molecule has 0 bridgehead atoms. The second-order valence-corrected chi connectivity index (χ2v) is 11.0. The molecule has 0 aliphatic heterocycles. The Balaban J connectivity index is 1.34. The predicted octanol–water partition coefficient (Wildman–Crippen LogP) is 5.97. The molecule has 0 spiro atoms. The molecule has 0 amide bonds. The van der Waals surface area contributed by atoms with Gasteiger partial charge < -0.3 is 5.11 Å². The van der Waals surface area contributed by atoms with Crippen LogP contribution >= 0.6 is 0 Å². The van der Waals surface area contributed by atoms with Crippen LogP contribution in [0.1, 0.15) is 76.2 Å². The highest BCUT2D eigenvalue weighted by Crippen LogP contribution is 2.65. The monoisotopic (exact) mass is 415 g/mol. The molecule has 3 saturated carbocycles. The molecule has 6 atom stereocenters. The standard InChI is InChI=1S/C28H33NO2/c1-27-11-9-23-15-19-4-5-24(30)16-20(19)8-12-28(23,31)26(27)7-6-25(27)21-3-2-18-10-13-29-17-22(18)14-21/h2-3,10,13-15,17,20,23,25-26,31H,4-9,11-12,16H2,1H3/t20?,23?,25?,26?,27?,28-/m1/s1. The van der Waals surface area contributed by atoms with Gasteiger partial charge in [0.2, 0.25) is 0 Å². The predicted molar refractivity (Wildman–Crippen MR) is 123 cm³/mol. The maximum Gasteiger partial charge on any atom is 0.133 e. The minimum absolute atomic E-state index is 0.130. The van der Waals surface area contributed by atoms with Gasteiger partial charge in [0.05, 0.1) is 5.60 Å². The topological polar surface area (TPSA) is 50.2 Å². The first-order valence-corrected chi connectivity index (χ1v) is 12.3. The number of hydrogen-bond donors (Lipinski definition) is 1. The summed E-state index contributed by atoms with van der Waals surface area (Å²) in [6.45, 7) is 2.45. The molecule has 6 rings (SSSR count). The molecule has 1 aromatic carbocycles. The Labute approximate surface area is 185 Å². The number of Topliss-reactive ketones (excluding diaryl/α,β-unsaturated/α-hetero) is 1. The van der Waals surface area contributed by atoms with Crippen molar-refractivity contribution in [3.05, 3.63) is 53.9 Å². The van der Waals surface area contributed by atoms with E-state index in [0.717, 1.165) is 38.5 Å². The molecule has 5 unspecified atom stereocenters. The van der Waals surface area contributed by atoms with Crippen molar-refractivity contribution in [2.45, 2.75) is 76.2 Å². The largest absolute Gasteiger partial charge is 0.389 e. The van der Waals surface area contributed by atoms with Gasteiger partial charge in [0, 0.05) is 36.5 Å². The van der Waals surface area contributed by atoms with Gasteiger partial charge in [-0.1, -0.05) is 30.7 Å². The Kier molecular flexibility index (Phi) is 4.44. The molecule has 2 aromatic rings. The Morgan fingerprint density at radius 2 is 1.94 bits per heavy atom. The molecular weight excluding hydrogens is 382 g/mol. The zero-order valence-corrected chi connectivity index (χ0v) is 18.5. The summed E-state index contributed by atoms with van der Waals surface area (Å²) in [5.41, 5.74) is 2.40. The lowest BCUT2D eigenvalue weighted by molar-refractivity contribution is -0.130. The summed E-state index contributed by atoms with van der Waals surface area (Å²) in [6, 6.07) is 8.97. The van der Waals surface area contributed by atoms with Crippen molar-refractivity contribution in [2.75, 3.05) is 0 Å². The molecule has 3 fully saturated rings. The number of carbonyl (C=O) groups excluding carboxylic acids is 1. The first-order valence-electron chi connectivity index (χ1n) is 12.3. The summed E-state index contributed by atoms with van der Waals surface area (Å²) in [4.78, 5) is 16.4. The summed E-state index contributed by atoms with van der Waals surface area (Å²) < 4.78 is 0. The van der Waals surface area contributed by atoms with E-state index in [9.17, 15) is 9.90 Å². The third-order valence-electron chi connectivity index (χ3n) is 9.64. The molecule has 3 heteroatoms. The van der Waals surface area contributed by atoms with E-state index in [0.29, 0.717) is 36.4 Å². The second-order valence-electron chi connectivity index (χ2n) is 11.0. The second kappa shape index (κ2) is 7.00. The SMILES string of the molecule is CC12CCC3C=C4CCC(=O)CC4CC[C@]3(O)C1CCC2c1ccc2ccncc2c1. The number of benzene rings is 1. The van der Waals surface area contributed by atoms with E-state index >= 15 is 0 Å². The lowest BCUT2D eigenvalue weighted by Crippen LogP contribution is -2.53. The Bertz CT molecular complexity index is 1070. The van der Waals surface area contributed by atoms with Crippen LogP contribution in [0.3, 0.4) is 0 Å². The number of pyridine rings is 1. The van der Waals surface area contributed by atoms with Gasteiger partial charge in [0.15, 0.2) is 0 Å². The molecule has 1 N–H and O–H groups in total. The number of carbonyl (C=O) groups is 1. The van der Waals surface area contributed by atoms with Crippen LogP contribution in [0.25, 0.3) is 10.8 Å². The van der Waals surface area contributed by atoms with Crippen molar-refractivity contribution in [3.8, 4) is 0 Å². The highest BCUT2D eigenvalue weighted by molar-refractivity contribution is 5.82. The minimum atomic E-state index is -0.618. The van der Waals surface area contributed by atoms with Crippen LogP contribution in [0.4, 0.5) is 0 Å². The molecule has 1 heterocycles. The number of nitrogens with zero attached hydrogens (tertiary/aromatic N) is 1. The first kappa shape index (κ1) is 19.7. The van der Waals surface area contributed by atoms with Gasteiger partial charge in [0.25, 0.3) is 0 Å². The van der Waals surface area contributed by atoms with Gasteiger partial charge >= 0.3 is 0 Å². The highest BCUT2D eigenvalue weighted by atomic mass is 16.3. The van der Waals surface area contributed by atoms with Crippen molar-refractivity contribution >= 4 is 16.6 Å². The van der Waals surface area contributed by atoms with E-state index in [2.05, 4.69) is 42.2 Å². The Hall–Kier alpha value is -2.00. The summed E-state index contributed by atoms with van der Waals surface area (Å²) in [7, 11) is 0. The number of ketones is 1. The summed E-state index contributed by atoms with van der Waals surface area (Å²) >= 11 is 0. The third-order valence-corrected chi connectivity index (χ3v) is 9.64. The lowest BCUT2D eigenvalue weighted by Gasteiger charge is -2.53. The Morgan fingerprint density at radius 1 is 1.03 bits per heavy atom. The molecule has 1 aromatic heterocycles. The molecule has 162 valence electrons. The zero-order valence-electron chi connectivity index (χ0n) is 18.5. The van der Waals surface area contributed by atoms with Crippen LogP contribution < -0.4 is 0 Å². The smallest absolute Gasteiger partial charge is 0.133 e. The maximum absolute atomic E-state index is 12.2. The van der Waals surface area contributed by atoms with Crippen molar-refractivity contribution in [2.24, 2.45) is 23.2 Å². The summed E-state index contributed by atoms with van der Waals surface area (Å²) in [5.74, 6) is 1.88. The number of hydrogen-bond acceptors (Lipinski definition) is 3. The van der Waals surface area contributed by atoms with E-state index < -0.39 is 5.60 Å². The van der Waals surface area contributed by atoms with E-state index in [4.69, 9.17) is 0 Å². The van der Waals surface area contributed by atoms with Gasteiger partial charge in [0.1, 0.15) is 5.78 Å². The van der Waals surface area contributed by atoms with Crippen LogP contribution in [0.15, 0.2) is 48.3 Å². The van der Waals surface area contributed by atoms with Crippen LogP contribution in [0.5, 0.6) is 0 Å². The van der Waals surface area contributed by atoms with Gasteiger partial charge in [-0.15, -0.1) is 0 Å². The van der Waals surface area contributed by atoms with Crippen molar-refractivity contribution in [1.82, 2.24) is 4.98 Å². The third kappa shape index (κ3) is 2.96. The first-order chi connectivity index (χ1) is 15.0. The van der Waals surface area contributed by atoms with E-state index in [1.807, 2.05) is 12.4 Å². The van der Waals surface area contributed by atoms with Crippen LogP contribution in [-0.2, 0) is 4.79 Å². The van der Waals surface area contributed by atoms with Gasteiger partial charge in [-0.2, -0.15) is 0 Å². The maximum atomic E-state index is 12.2. The highest BCUT2D eigenvalue weighted by Gasteiger charge is 2.60. The molecule has 31 heavy (non-hydrogen) atoms.